The van der Waals surface area contributed by atoms with Gasteiger partial charge in [0.25, 0.3) is 0 Å². The van der Waals surface area contributed by atoms with Gasteiger partial charge in [0.05, 0.1) is 11.3 Å². The molecule has 0 saturated carbocycles. The van der Waals surface area contributed by atoms with E-state index in [9.17, 15) is 14.7 Å². The van der Waals surface area contributed by atoms with Crippen molar-refractivity contribution in [1.29, 1.82) is 0 Å². The van der Waals surface area contributed by atoms with Crippen molar-refractivity contribution in [2.24, 2.45) is 0 Å². The number of likely N-dealkylation sites (N-methyl/N-ethyl adjacent to an activating group) is 1. The number of aliphatic hydroxyl groups excluding tert-OH is 1. The van der Waals surface area contributed by atoms with Crippen molar-refractivity contribution in [2.75, 3.05) is 19.0 Å². The number of para-hydroxylation sites is 1. The molecule has 0 aliphatic carbocycles. The fraction of sp³-hybridized carbons (Fsp3) is 0.231. The van der Waals surface area contributed by atoms with E-state index in [-0.39, 0.29) is 17.2 Å². The van der Waals surface area contributed by atoms with Gasteiger partial charge in [-0.15, -0.1) is 0 Å². The lowest BCUT2D eigenvalue weighted by molar-refractivity contribution is -0.117. The molecule has 18 heavy (non-hydrogen) atoms. The van der Waals surface area contributed by atoms with Gasteiger partial charge in [-0.2, -0.15) is 0 Å². The molecule has 0 atom stereocenters. The number of aliphatic hydroxyl groups is 1. The van der Waals surface area contributed by atoms with Crippen LogP contribution < -0.4 is 10.2 Å². The van der Waals surface area contributed by atoms with Crippen molar-refractivity contribution in [1.82, 2.24) is 5.32 Å². The van der Waals surface area contributed by atoms with E-state index < -0.39 is 0 Å². The summed E-state index contributed by atoms with van der Waals surface area (Å²) in [5, 5.41) is 12.5. The first-order chi connectivity index (χ1) is 8.52. The maximum absolute atomic E-state index is 11.5. The molecule has 1 aromatic rings. The molecule has 0 unspecified atom stereocenters. The molecule has 0 aliphatic rings. The zero-order chi connectivity index (χ0) is 13.7. The summed E-state index contributed by atoms with van der Waals surface area (Å²) in [6.45, 7) is 1.52. The summed E-state index contributed by atoms with van der Waals surface area (Å²) in [5.74, 6) is -0.505. The molecule has 2 amide bonds. The van der Waals surface area contributed by atoms with E-state index in [2.05, 4.69) is 5.32 Å². The topological polar surface area (TPSA) is 69.6 Å². The Kier molecular flexibility index (Phi) is 4.48. The highest BCUT2D eigenvalue weighted by atomic mass is 16.3. The van der Waals surface area contributed by atoms with Gasteiger partial charge >= 0.3 is 0 Å². The van der Waals surface area contributed by atoms with E-state index in [1.165, 1.54) is 18.9 Å². The monoisotopic (exact) mass is 248 g/mol. The maximum Gasteiger partial charge on any atom is 0.250 e. The zero-order valence-corrected chi connectivity index (χ0v) is 10.6. The van der Waals surface area contributed by atoms with E-state index in [0.717, 1.165) is 0 Å². The van der Waals surface area contributed by atoms with Gasteiger partial charge in [-0.25, -0.2) is 0 Å². The molecule has 0 radical (unpaired) electrons. The van der Waals surface area contributed by atoms with Crippen molar-refractivity contribution in [2.45, 2.75) is 6.92 Å². The third-order valence-corrected chi connectivity index (χ3v) is 2.62. The van der Waals surface area contributed by atoms with Gasteiger partial charge in [-0.3, -0.25) is 9.59 Å². The molecule has 5 heteroatoms. The number of nitrogens with one attached hydrogen (secondary N) is 1. The van der Waals surface area contributed by atoms with E-state index in [0.29, 0.717) is 17.7 Å². The standard InChI is InChI=1S/C13H16N2O3/c1-9(13(18)14-2)12(17)10-6-4-5-7-11(10)15(3)8-16/h4-8,17H,1-3H3,(H,14,18)/b12-9-. The second-order valence-corrected chi connectivity index (χ2v) is 3.79. The summed E-state index contributed by atoms with van der Waals surface area (Å²) >= 11 is 0. The summed E-state index contributed by atoms with van der Waals surface area (Å²) in [5.41, 5.74) is 1.17. The molecule has 0 spiro atoms. The van der Waals surface area contributed by atoms with Crippen molar-refractivity contribution in [3.63, 3.8) is 0 Å². The summed E-state index contributed by atoms with van der Waals surface area (Å²) < 4.78 is 0. The first kappa shape index (κ1) is 13.8. The Balaban J connectivity index is 3.33. The Morgan fingerprint density at radius 3 is 2.56 bits per heavy atom. The molecule has 1 aromatic carbocycles. The number of benzene rings is 1. The van der Waals surface area contributed by atoms with Crippen LogP contribution in [-0.2, 0) is 9.59 Å². The molecule has 1 rings (SSSR count). The van der Waals surface area contributed by atoms with E-state index in [1.54, 1.807) is 31.3 Å². The number of carbonyl (C=O) groups is 2. The molecule has 0 saturated heterocycles. The average Bonchev–Trinajstić information content (AvgIpc) is 2.43. The number of nitrogens with zero attached hydrogens (tertiary/aromatic N) is 1. The molecule has 96 valence electrons. The fourth-order valence-electron chi connectivity index (χ4n) is 1.54. The van der Waals surface area contributed by atoms with Crippen LogP contribution in [0.15, 0.2) is 29.8 Å². The van der Waals surface area contributed by atoms with Crippen molar-refractivity contribution in [3.05, 3.63) is 35.4 Å². The summed E-state index contributed by atoms with van der Waals surface area (Å²) in [7, 11) is 3.07. The first-order valence-corrected chi connectivity index (χ1v) is 5.42. The summed E-state index contributed by atoms with van der Waals surface area (Å²) in [4.78, 5) is 23.6. The Bertz CT molecular complexity index is 495. The number of anilines is 1. The normalized spacial score (nSPS) is 11.5. The second-order valence-electron chi connectivity index (χ2n) is 3.79. The third kappa shape index (κ3) is 2.68. The highest BCUT2D eigenvalue weighted by molar-refractivity contribution is 6.00. The van der Waals surface area contributed by atoms with Crippen LogP contribution in [0.1, 0.15) is 12.5 Å². The lowest BCUT2D eigenvalue weighted by Crippen LogP contribution is -2.20. The fourth-order valence-corrected chi connectivity index (χ4v) is 1.54. The smallest absolute Gasteiger partial charge is 0.250 e. The third-order valence-electron chi connectivity index (χ3n) is 2.62. The van der Waals surface area contributed by atoms with Gasteiger partial charge in [-0.05, 0) is 19.1 Å². The molecular weight excluding hydrogens is 232 g/mol. The first-order valence-electron chi connectivity index (χ1n) is 5.42. The Labute approximate surface area is 106 Å². The van der Waals surface area contributed by atoms with E-state index in [1.807, 2.05) is 0 Å². The zero-order valence-electron chi connectivity index (χ0n) is 10.6. The minimum Gasteiger partial charge on any atom is -0.507 e. The van der Waals surface area contributed by atoms with Gasteiger partial charge in [0.1, 0.15) is 5.76 Å². The second kappa shape index (κ2) is 5.86. The van der Waals surface area contributed by atoms with E-state index >= 15 is 0 Å². The largest absolute Gasteiger partial charge is 0.507 e. The van der Waals surface area contributed by atoms with Crippen LogP contribution in [0.25, 0.3) is 5.76 Å². The number of hydrogen-bond acceptors (Lipinski definition) is 3. The molecule has 0 aliphatic heterocycles. The molecule has 0 bridgehead atoms. The molecule has 0 fully saturated rings. The number of carbonyl (C=O) groups excluding carboxylic acids is 2. The van der Waals surface area contributed by atoms with Crippen LogP contribution in [0.2, 0.25) is 0 Å². The molecule has 5 nitrogen and oxygen atoms in total. The molecule has 2 N–H and O–H groups in total. The van der Waals surface area contributed by atoms with Gasteiger partial charge in [0.15, 0.2) is 0 Å². The minimum atomic E-state index is -0.365. The average molecular weight is 248 g/mol. The summed E-state index contributed by atoms with van der Waals surface area (Å²) in [6.07, 6.45) is 0.640. The lowest BCUT2D eigenvalue weighted by Gasteiger charge is -2.16. The van der Waals surface area contributed by atoms with Crippen LogP contribution in [0.5, 0.6) is 0 Å². The minimum absolute atomic E-state index is 0.140. The van der Waals surface area contributed by atoms with Gasteiger partial charge in [0, 0.05) is 19.7 Å². The number of rotatable bonds is 4. The SMILES string of the molecule is CNC(=O)/C(C)=C(\O)c1ccccc1N(C)C=O. The number of amides is 2. The maximum atomic E-state index is 11.5. The lowest BCUT2D eigenvalue weighted by atomic mass is 10.1. The quantitative estimate of drug-likeness (QED) is 0.479. The van der Waals surface area contributed by atoms with Crippen LogP contribution in [-0.4, -0.2) is 31.5 Å². The molecule has 0 heterocycles. The van der Waals surface area contributed by atoms with E-state index in [4.69, 9.17) is 0 Å². The number of hydrogen-bond donors (Lipinski definition) is 2. The van der Waals surface area contributed by atoms with Crippen molar-refractivity contribution >= 4 is 23.8 Å². The van der Waals surface area contributed by atoms with Crippen molar-refractivity contribution < 1.29 is 14.7 Å². The highest BCUT2D eigenvalue weighted by Gasteiger charge is 2.15. The Morgan fingerprint density at radius 1 is 1.39 bits per heavy atom. The Morgan fingerprint density at radius 2 is 2.00 bits per heavy atom. The van der Waals surface area contributed by atoms with Crippen LogP contribution in [0.3, 0.4) is 0 Å². The van der Waals surface area contributed by atoms with Crippen LogP contribution in [0.4, 0.5) is 5.69 Å². The molecule has 0 aromatic heterocycles. The molecular formula is C13H16N2O3. The highest BCUT2D eigenvalue weighted by Crippen LogP contribution is 2.26. The van der Waals surface area contributed by atoms with Crippen molar-refractivity contribution in [3.8, 4) is 0 Å². The summed E-state index contributed by atoms with van der Waals surface area (Å²) in [6, 6.07) is 6.82. The predicted molar refractivity (Wildman–Crippen MR) is 70.2 cm³/mol. The van der Waals surface area contributed by atoms with Gasteiger partial charge in [0.2, 0.25) is 12.3 Å². The van der Waals surface area contributed by atoms with Gasteiger partial charge in [-0.1, -0.05) is 12.1 Å². The van der Waals surface area contributed by atoms with Crippen LogP contribution in [0, 0.1) is 0 Å². The Hall–Kier alpha value is -2.30. The van der Waals surface area contributed by atoms with Gasteiger partial charge < -0.3 is 15.3 Å². The predicted octanol–water partition coefficient (Wildman–Crippen LogP) is 1.31. The van der Waals surface area contributed by atoms with Crippen LogP contribution >= 0.6 is 0 Å².